The van der Waals surface area contributed by atoms with Crippen molar-refractivity contribution in [2.45, 2.75) is 6.18 Å². The molecule has 90 valence electrons. The summed E-state index contributed by atoms with van der Waals surface area (Å²) in [7, 11) is 0. The van der Waals surface area contributed by atoms with Gasteiger partial charge in [0.2, 0.25) is 5.28 Å². The van der Waals surface area contributed by atoms with Gasteiger partial charge in [-0.3, -0.25) is 0 Å². The second-order valence-electron chi connectivity index (χ2n) is 3.06. The van der Waals surface area contributed by atoms with Crippen LogP contribution in [-0.2, 0) is 6.18 Å². The quantitative estimate of drug-likeness (QED) is 0.738. The highest BCUT2D eigenvalue weighted by molar-refractivity contribution is 7.09. The largest absolute Gasteiger partial charge is 0.419 e. The lowest BCUT2D eigenvalue weighted by molar-refractivity contribution is -0.139. The highest BCUT2D eigenvalue weighted by Crippen LogP contribution is 2.34. The van der Waals surface area contributed by atoms with E-state index in [1.807, 2.05) is 0 Å². The number of nitrogens with zero attached hydrogens (tertiary/aromatic N) is 2. The van der Waals surface area contributed by atoms with Gasteiger partial charge in [0.1, 0.15) is 10.8 Å². The summed E-state index contributed by atoms with van der Waals surface area (Å²) in [5.74, 6) is -1.32. The molecule has 0 saturated carbocycles. The van der Waals surface area contributed by atoms with Crippen LogP contribution in [0.15, 0.2) is 18.2 Å². The molecule has 1 aromatic heterocycles. The molecule has 8 heteroatoms. The molecule has 0 aliphatic carbocycles. The molecule has 0 fully saturated rings. The first-order valence-electron chi connectivity index (χ1n) is 4.24. The molecule has 0 atom stereocenters. The van der Waals surface area contributed by atoms with Crippen LogP contribution in [0.4, 0.5) is 17.6 Å². The fourth-order valence-electron chi connectivity index (χ4n) is 1.20. The summed E-state index contributed by atoms with van der Waals surface area (Å²) in [6.07, 6.45) is -4.74. The molecule has 0 N–H and O–H groups in total. The maximum absolute atomic E-state index is 13.0. The maximum atomic E-state index is 13.0. The SMILES string of the molecule is Fc1ccc(-c2nc(Cl)ns2)cc1C(F)(F)F. The zero-order valence-electron chi connectivity index (χ0n) is 7.92. The van der Waals surface area contributed by atoms with Gasteiger partial charge < -0.3 is 0 Å². The molecule has 0 amide bonds. The van der Waals surface area contributed by atoms with Crippen molar-refractivity contribution in [3.8, 4) is 10.6 Å². The highest BCUT2D eigenvalue weighted by Gasteiger charge is 2.34. The van der Waals surface area contributed by atoms with E-state index in [9.17, 15) is 17.6 Å². The van der Waals surface area contributed by atoms with E-state index in [0.717, 1.165) is 17.6 Å². The van der Waals surface area contributed by atoms with Gasteiger partial charge in [0.15, 0.2) is 0 Å². The third-order valence-corrected chi connectivity index (χ3v) is 2.95. The summed E-state index contributed by atoms with van der Waals surface area (Å²) in [4.78, 5) is 3.72. The van der Waals surface area contributed by atoms with Crippen LogP contribution in [0.1, 0.15) is 5.56 Å². The van der Waals surface area contributed by atoms with Crippen LogP contribution >= 0.6 is 23.1 Å². The molecule has 2 rings (SSSR count). The molecule has 0 aliphatic rings. The van der Waals surface area contributed by atoms with Gasteiger partial charge >= 0.3 is 6.18 Å². The van der Waals surface area contributed by atoms with Gasteiger partial charge in [-0.05, 0) is 41.3 Å². The number of benzene rings is 1. The molecule has 0 radical (unpaired) electrons. The van der Waals surface area contributed by atoms with Crippen molar-refractivity contribution in [2.75, 3.05) is 0 Å². The van der Waals surface area contributed by atoms with E-state index in [1.54, 1.807) is 0 Å². The Bertz CT molecular complexity index is 552. The first-order valence-corrected chi connectivity index (χ1v) is 5.39. The Morgan fingerprint density at radius 2 is 1.94 bits per heavy atom. The predicted octanol–water partition coefficient (Wildman–Crippen LogP) is 4.02. The summed E-state index contributed by atoms with van der Waals surface area (Å²) in [6, 6.07) is 2.63. The number of halogens is 5. The van der Waals surface area contributed by atoms with E-state index in [0.29, 0.717) is 6.07 Å². The standard InChI is InChI=1S/C9H3ClF4N2S/c10-8-15-7(17-16-8)4-1-2-6(11)5(3-4)9(12,13)14/h1-3H. The van der Waals surface area contributed by atoms with Crippen molar-refractivity contribution in [3.63, 3.8) is 0 Å². The Morgan fingerprint density at radius 3 is 2.47 bits per heavy atom. The number of aromatic nitrogens is 2. The zero-order chi connectivity index (χ0) is 12.6. The first-order chi connectivity index (χ1) is 7.88. The lowest BCUT2D eigenvalue weighted by atomic mass is 10.1. The van der Waals surface area contributed by atoms with Gasteiger partial charge in [0, 0.05) is 5.56 Å². The Balaban J connectivity index is 2.51. The Morgan fingerprint density at radius 1 is 1.24 bits per heavy atom. The van der Waals surface area contributed by atoms with Crippen molar-refractivity contribution in [2.24, 2.45) is 0 Å². The number of hydrogen-bond acceptors (Lipinski definition) is 3. The lowest BCUT2D eigenvalue weighted by Gasteiger charge is -2.08. The van der Waals surface area contributed by atoms with E-state index in [4.69, 9.17) is 11.6 Å². The highest BCUT2D eigenvalue weighted by atomic mass is 35.5. The van der Waals surface area contributed by atoms with Gasteiger partial charge in [-0.25, -0.2) is 9.37 Å². The van der Waals surface area contributed by atoms with Crippen LogP contribution in [0.25, 0.3) is 10.6 Å². The van der Waals surface area contributed by atoms with E-state index >= 15 is 0 Å². The second kappa shape index (κ2) is 4.23. The van der Waals surface area contributed by atoms with Crippen molar-refractivity contribution in [1.82, 2.24) is 9.36 Å². The minimum atomic E-state index is -4.74. The third-order valence-electron chi connectivity index (χ3n) is 1.92. The summed E-state index contributed by atoms with van der Waals surface area (Å²) < 4.78 is 54.0. The normalized spacial score (nSPS) is 11.8. The van der Waals surface area contributed by atoms with Crippen LogP contribution in [-0.4, -0.2) is 9.36 Å². The molecular weight excluding hydrogens is 280 g/mol. The topological polar surface area (TPSA) is 25.8 Å². The Labute approximate surface area is 102 Å². The van der Waals surface area contributed by atoms with Crippen LogP contribution < -0.4 is 0 Å². The van der Waals surface area contributed by atoms with Gasteiger partial charge in [0.05, 0.1) is 5.56 Å². The average molecular weight is 283 g/mol. The van der Waals surface area contributed by atoms with Gasteiger partial charge in [-0.2, -0.15) is 17.5 Å². The second-order valence-corrected chi connectivity index (χ2v) is 4.15. The smallest absolute Gasteiger partial charge is 0.206 e. The molecule has 0 aliphatic heterocycles. The summed E-state index contributed by atoms with van der Waals surface area (Å²) in [5.41, 5.74) is -1.20. The van der Waals surface area contributed by atoms with Crippen LogP contribution in [0.5, 0.6) is 0 Å². The molecule has 0 unspecified atom stereocenters. The molecule has 0 spiro atoms. The summed E-state index contributed by atoms with van der Waals surface area (Å²) >= 11 is 6.31. The van der Waals surface area contributed by atoms with E-state index in [1.165, 1.54) is 6.07 Å². The molecule has 0 saturated heterocycles. The maximum Gasteiger partial charge on any atom is 0.419 e. The van der Waals surface area contributed by atoms with Crippen molar-refractivity contribution >= 4 is 23.1 Å². The van der Waals surface area contributed by atoms with Crippen molar-refractivity contribution in [3.05, 3.63) is 34.9 Å². The van der Waals surface area contributed by atoms with E-state index < -0.39 is 17.6 Å². The van der Waals surface area contributed by atoms with Gasteiger partial charge in [-0.1, -0.05) is 0 Å². The minimum absolute atomic E-state index is 0.0529. The van der Waals surface area contributed by atoms with Gasteiger partial charge in [-0.15, -0.1) is 0 Å². The Hall–Kier alpha value is -1.21. The van der Waals surface area contributed by atoms with Crippen LogP contribution in [0.2, 0.25) is 5.28 Å². The molecule has 17 heavy (non-hydrogen) atoms. The molecule has 2 nitrogen and oxygen atoms in total. The molecule has 1 heterocycles. The van der Waals surface area contributed by atoms with E-state index in [2.05, 4.69) is 9.36 Å². The van der Waals surface area contributed by atoms with Gasteiger partial charge in [0.25, 0.3) is 0 Å². The Kier molecular flexibility index (Phi) is 3.05. The zero-order valence-corrected chi connectivity index (χ0v) is 9.50. The molecule has 2 aromatic rings. The lowest BCUT2D eigenvalue weighted by Crippen LogP contribution is -2.08. The first kappa shape index (κ1) is 12.3. The fraction of sp³-hybridized carbons (Fsp3) is 0.111. The van der Waals surface area contributed by atoms with Crippen LogP contribution in [0, 0.1) is 5.82 Å². The average Bonchev–Trinajstić information content (AvgIpc) is 2.64. The summed E-state index contributed by atoms with van der Waals surface area (Å²) in [5, 5.41) is 0.156. The monoisotopic (exact) mass is 282 g/mol. The number of hydrogen-bond donors (Lipinski definition) is 0. The predicted molar refractivity (Wildman–Crippen MR) is 55.3 cm³/mol. The van der Waals surface area contributed by atoms with Crippen molar-refractivity contribution in [1.29, 1.82) is 0 Å². The van der Waals surface area contributed by atoms with Crippen LogP contribution in [0.3, 0.4) is 0 Å². The number of rotatable bonds is 1. The fourth-order valence-corrected chi connectivity index (χ4v) is 2.00. The third kappa shape index (κ3) is 2.55. The minimum Gasteiger partial charge on any atom is -0.206 e. The van der Waals surface area contributed by atoms with Crippen molar-refractivity contribution < 1.29 is 17.6 Å². The molecule has 0 bridgehead atoms. The molecular formula is C9H3ClF4N2S. The summed E-state index contributed by atoms with van der Waals surface area (Å²) in [6.45, 7) is 0. The number of alkyl halides is 3. The van der Waals surface area contributed by atoms with E-state index in [-0.39, 0.29) is 15.9 Å². The molecule has 1 aromatic carbocycles.